The Kier molecular flexibility index (Phi) is 6.11. The summed E-state index contributed by atoms with van der Waals surface area (Å²) >= 11 is 1.75. The molecule has 4 nitrogen and oxygen atoms in total. The molecule has 1 atom stereocenters. The first-order chi connectivity index (χ1) is 10.2. The normalized spacial score (nSPS) is 18.5. The van der Waals surface area contributed by atoms with E-state index in [-0.39, 0.29) is 11.8 Å². The number of carboxylic acid groups (broad SMARTS) is 1. The second kappa shape index (κ2) is 8.08. The highest BCUT2D eigenvalue weighted by Crippen LogP contribution is 2.20. The van der Waals surface area contributed by atoms with Crippen molar-refractivity contribution in [3.05, 3.63) is 30.3 Å². The summed E-state index contributed by atoms with van der Waals surface area (Å²) in [6.07, 6.45) is 2.81. The number of hydrogen-bond acceptors (Lipinski definition) is 3. The number of benzene rings is 1. The number of piperidine rings is 1. The van der Waals surface area contributed by atoms with Gasteiger partial charge in [-0.1, -0.05) is 18.2 Å². The molecule has 0 unspecified atom stereocenters. The fourth-order valence-corrected chi connectivity index (χ4v) is 3.37. The molecule has 0 saturated carbocycles. The molecule has 1 aromatic rings. The molecule has 1 heterocycles. The summed E-state index contributed by atoms with van der Waals surface area (Å²) in [6.45, 7) is 1.08. The summed E-state index contributed by atoms with van der Waals surface area (Å²) in [4.78, 5) is 26.0. The first-order valence-electron chi connectivity index (χ1n) is 7.35. The number of likely N-dealkylation sites (tertiary alicyclic amines) is 1. The summed E-state index contributed by atoms with van der Waals surface area (Å²) in [7, 11) is 0. The number of aliphatic carboxylic acids is 1. The molecule has 5 heteroatoms. The molecular formula is C16H21NO3S. The van der Waals surface area contributed by atoms with Crippen LogP contribution >= 0.6 is 11.8 Å². The van der Waals surface area contributed by atoms with Crippen LogP contribution in [0.5, 0.6) is 0 Å². The zero-order valence-electron chi connectivity index (χ0n) is 12.0. The molecule has 1 saturated heterocycles. The Bertz CT molecular complexity index is 478. The largest absolute Gasteiger partial charge is 0.481 e. The number of thioether (sulfide) groups is 1. The fraction of sp³-hybridized carbons (Fsp3) is 0.500. The van der Waals surface area contributed by atoms with Crippen molar-refractivity contribution in [2.24, 2.45) is 5.92 Å². The molecular weight excluding hydrogens is 286 g/mol. The van der Waals surface area contributed by atoms with Crippen LogP contribution in [-0.2, 0) is 9.59 Å². The second-order valence-corrected chi connectivity index (χ2v) is 6.45. The van der Waals surface area contributed by atoms with E-state index in [0.717, 1.165) is 18.6 Å². The van der Waals surface area contributed by atoms with Crippen molar-refractivity contribution in [1.82, 2.24) is 4.90 Å². The molecule has 1 fully saturated rings. The van der Waals surface area contributed by atoms with Gasteiger partial charge in [0.1, 0.15) is 0 Å². The van der Waals surface area contributed by atoms with Gasteiger partial charge in [0.2, 0.25) is 5.91 Å². The number of hydrogen-bond donors (Lipinski definition) is 1. The van der Waals surface area contributed by atoms with Crippen molar-refractivity contribution in [2.45, 2.75) is 30.6 Å². The maximum Gasteiger partial charge on any atom is 0.308 e. The minimum Gasteiger partial charge on any atom is -0.481 e. The van der Waals surface area contributed by atoms with E-state index < -0.39 is 5.97 Å². The highest BCUT2D eigenvalue weighted by molar-refractivity contribution is 7.99. The highest BCUT2D eigenvalue weighted by atomic mass is 32.2. The van der Waals surface area contributed by atoms with E-state index in [0.29, 0.717) is 25.9 Å². The number of carbonyl (C=O) groups is 2. The van der Waals surface area contributed by atoms with Gasteiger partial charge in [0.15, 0.2) is 0 Å². The molecule has 0 aliphatic carbocycles. The van der Waals surface area contributed by atoms with Crippen LogP contribution in [-0.4, -0.2) is 40.7 Å². The molecule has 0 bridgehead atoms. The third kappa shape index (κ3) is 5.08. The Morgan fingerprint density at radius 3 is 2.76 bits per heavy atom. The van der Waals surface area contributed by atoms with E-state index in [1.807, 2.05) is 18.2 Å². The van der Waals surface area contributed by atoms with E-state index in [4.69, 9.17) is 5.11 Å². The van der Waals surface area contributed by atoms with E-state index in [1.165, 1.54) is 4.90 Å². The van der Waals surface area contributed by atoms with Gasteiger partial charge in [0, 0.05) is 24.4 Å². The summed E-state index contributed by atoms with van der Waals surface area (Å²) < 4.78 is 0. The molecule has 1 aliphatic heterocycles. The molecule has 114 valence electrons. The average molecular weight is 307 g/mol. The predicted octanol–water partition coefficient (Wildman–Crippen LogP) is 2.88. The van der Waals surface area contributed by atoms with E-state index >= 15 is 0 Å². The topological polar surface area (TPSA) is 57.6 Å². The second-order valence-electron chi connectivity index (χ2n) is 5.28. The third-order valence-electron chi connectivity index (χ3n) is 3.67. The van der Waals surface area contributed by atoms with Gasteiger partial charge < -0.3 is 10.0 Å². The zero-order chi connectivity index (χ0) is 15.1. The number of carboxylic acids is 1. The van der Waals surface area contributed by atoms with Crippen LogP contribution in [0.1, 0.15) is 25.7 Å². The Labute approximate surface area is 129 Å². The van der Waals surface area contributed by atoms with Crippen LogP contribution in [0.4, 0.5) is 0 Å². The van der Waals surface area contributed by atoms with Crippen molar-refractivity contribution in [3.63, 3.8) is 0 Å². The Morgan fingerprint density at radius 1 is 1.29 bits per heavy atom. The third-order valence-corrected chi connectivity index (χ3v) is 4.77. The standard InChI is InChI=1S/C16H21NO3S/c18-15(17-10-4-6-13(12-17)16(19)20)9-5-11-21-14-7-2-1-3-8-14/h1-3,7-8,13H,4-6,9-12H2,(H,19,20)/t13-/m0/s1. The van der Waals surface area contributed by atoms with Crippen molar-refractivity contribution >= 4 is 23.6 Å². The maximum atomic E-state index is 12.1. The predicted molar refractivity (Wildman–Crippen MR) is 83.3 cm³/mol. The van der Waals surface area contributed by atoms with Crippen LogP contribution in [0, 0.1) is 5.92 Å². The van der Waals surface area contributed by atoms with Gasteiger partial charge in [-0.25, -0.2) is 0 Å². The number of nitrogens with zero attached hydrogens (tertiary/aromatic N) is 1. The molecule has 1 N–H and O–H groups in total. The van der Waals surface area contributed by atoms with Crippen molar-refractivity contribution in [2.75, 3.05) is 18.8 Å². The van der Waals surface area contributed by atoms with Gasteiger partial charge in [0.25, 0.3) is 0 Å². The zero-order valence-corrected chi connectivity index (χ0v) is 12.8. The summed E-state index contributed by atoms with van der Waals surface area (Å²) in [5.74, 6) is -0.172. The fourth-order valence-electron chi connectivity index (χ4n) is 2.49. The van der Waals surface area contributed by atoms with E-state index in [2.05, 4.69) is 12.1 Å². The number of rotatable bonds is 6. The quantitative estimate of drug-likeness (QED) is 0.648. The average Bonchev–Trinajstić information content (AvgIpc) is 2.52. The first-order valence-corrected chi connectivity index (χ1v) is 8.34. The first kappa shape index (κ1) is 15.9. The lowest BCUT2D eigenvalue weighted by Crippen LogP contribution is -2.42. The number of carbonyl (C=O) groups excluding carboxylic acids is 1. The summed E-state index contributed by atoms with van der Waals surface area (Å²) in [6, 6.07) is 10.1. The van der Waals surface area contributed by atoms with Crippen LogP contribution in [0.15, 0.2) is 35.2 Å². The van der Waals surface area contributed by atoms with Crippen molar-refractivity contribution in [1.29, 1.82) is 0 Å². The Hall–Kier alpha value is -1.49. The molecule has 1 amide bonds. The van der Waals surface area contributed by atoms with Crippen LogP contribution in [0.2, 0.25) is 0 Å². The van der Waals surface area contributed by atoms with Crippen LogP contribution < -0.4 is 0 Å². The molecule has 2 rings (SSSR count). The monoisotopic (exact) mass is 307 g/mol. The molecule has 1 aliphatic rings. The highest BCUT2D eigenvalue weighted by Gasteiger charge is 2.27. The van der Waals surface area contributed by atoms with Gasteiger partial charge >= 0.3 is 5.97 Å². The van der Waals surface area contributed by atoms with Gasteiger partial charge in [-0.2, -0.15) is 0 Å². The SMILES string of the molecule is O=C(O)[C@H]1CCCN(C(=O)CCCSc2ccccc2)C1. The molecule has 0 radical (unpaired) electrons. The summed E-state index contributed by atoms with van der Waals surface area (Å²) in [5, 5.41) is 9.04. The summed E-state index contributed by atoms with van der Waals surface area (Å²) in [5.41, 5.74) is 0. The van der Waals surface area contributed by atoms with Gasteiger partial charge in [-0.05, 0) is 37.1 Å². The molecule has 1 aromatic carbocycles. The van der Waals surface area contributed by atoms with Gasteiger partial charge in [-0.15, -0.1) is 11.8 Å². The lowest BCUT2D eigenvalue weighted by atomic mass is 9.98. The maximum absolute atomic E-state index is 12.1. The minimum absolute atomic E-state index is 0.0922. The van der Waals surface area contributed by atoms with Gasteiger partial charge in [0.05, 0.1) is 5.92 Å². The van der Waals surface area contributed by atoms with E-state index in [1.54, 1.807) is 16.7 Å². The smallest absolute Gasteiger partial charge is 0.308 e. The Balaban J connectivity index is 1.68. The van der Waals surface area contributed by atoms with Gasteiger partial charge in [-0.3, -0.25) is 9.59 Å². The van der Waals surface area contributed by atoms with Crippen LogP contribution in [0.3, 0.4) is 0 Å². The van der Waals surface area contributed by atoms with Crippen molar-refractivity contribution < 1.29 is 14.7 Å². The van der Waals surface area contributed by atoms with E-state index in [9.17, 15) is 9.59 Å². The molecule has 0 spiro atoms. The molecule has 21 heavy (non-hydrogen) atoms. The minimum atomic E-state index is -0.785. The number of amides is 1. The lowest BCUT2D eigenvalue weighted by molar-refractivity contribution is -0.145. The van der Waals surface area contributed by atoms with Crippen LogP contribution in [0.25, 0.3) is 0 Å². The lowest BCUT2D eigenvalue weighted by Gasteiger charge is -2.30. The van der Waals surface area contributed by atoms with Crippen molar-refractivity contribution in [3.8, 4) is 0 Å². The molecule has 0 aromatic heterocycles. The Morgan fingerprint density at radius 2 is 2.05 bits per heavy atom.